The number of ether oxygens (including phenoxy) is 1. The molecule has 0 aliphatic heterocycles. The quantitative estimate of drug-likeness (QED) is 0.533. The van der Waals surface area contributed by atoms with Crippen LogP contribution in [-0.2, 0) is 6.54 Å². The first-order chi connectivity index (χ1) is 12.0. The second-order valence-corrected chi connectivity index (χ2v) is 6.29. The topological polar surface area (TPSA) is 48.3 Å². The fourth-order valence-corrected chi connectivity index (χ4v) is 2.73. The first kappa shape index (κ1) is 16.9. The first-order valence-corrected chi connectivity index (χ1v) is 8.05. The van der Waals surface area contributed by atoms with E-state index in [4.69, 9.17) is 4.74 Å². The van der Waals surface area contributed by atoms with Gasteiger partial charge in [0, 0.05) is 29.6 Å². The summed E-state index contributed by atoms with van der Waals surface area (Å²) < 4.78 is 20.1. The molecule has 0 unspecified atom stereocenters. The van der Waals surface area contributed by atoms with Crippen LogP contribution in [0.25, 0.3) is 10.8 Å². The van der Waals surface area contributed by atoms with Gasteiger partial charge < -0.3 is 9.30 Å². The van der Waals surface area contributed by atoms with Gasteiger partial charge in [0.2, 0.25) is 0 Å². The number of halogens is 1. The summed E-state index contributed by atoms with van der Waals surface area (Å²) in [7, 11) is 0. The van der Waals surface area contributed by atoms with Crippen molar-refractivity contribution in [1.29, 1.82) is 0 Å². The lowest BCUT2D eigenvalue weighted by Crippen LogP contribution is -2.25. The Bertz CT molecular complexity index is 992. The van der Waals surface area contributed by atoms with Crippen LogP contribution >= 0.6 is 0 Å². The highest BCUT2D eigenvalue weighted by atomic mass is 19.1. The number of nitrogens with zero attached hydrogens (tertiary/aromatic N) is 1. The van der Waals surface area contributed by atoms with E-state index < -0.39 is 11.8 Å². The molecule has 3 aromatic rings. The Kier molecular flexibility index (Phi) is 4.65. The summed E-state index contributed by atoms with van der Waals surface area (Å²) in [5.74, 6) is -0.749. The number of hydrogen-bond acceptors (Lipinski definition) is 3. The van der Waals surface area contributed by atoms with Crippen molar-refractivity contribution >= 4 is 16.7 Å². The van der Waals surface area contributed by atoms with Crippen molar-refractivity contribution in [2.45, 2.75) is 20.4 Å². The number of fused-ring (bicyclic) bond motifs is 1. The second kappa shape index (κ2) is 6.89. The summed E-state index contributed by atoms with van der Waals surface area (Å²) in [6.07, 6.45) is 1.52. The van der Waals surface area contributed by atoms with E-state index >= 15 is 0 Å². The molecule has 0 saturated heterocycles. The van der Waals surface area contributed by atoms with Gasteiger partial charge in [-0.15, -0.1) is 0 Å². The molecule has 0 fully saturated rings. The number of rotatable bonds is 4. The third kappa shape index (κ3) is 3.60. The standard InChI is InChI=1S/C20H18FNO3/c1-13(2)11-22-12-18(16-8-3-4-9-17(16)19(22)23)20(24)25-15-7-5-6-14(21)10-15/h3-10,12-13H,11H2,1-2H3. The van der Waals surface area contributed by atoms with Gasteiger partial charge in [-0.05, 0) is 24.1 Å². The number of benzene rings is 2. The fraction of sp³-hybridized carbons (Fsp3) is 0.200. The highest BCUT2D eigenvalue weighted by molar-refractivity contribution is 6.04. The highest BCUT2D eigenvalue weighted by Gasteiger charge is 2.17. The molecule has 0 N–H and O–H groups in total. The van der Waals surface area contributed by atoms with Crippen LogP contribution in [-0.4, -0.2) is 10.5 Å². The molecular weight excluding hydrogens is 321 g/mol. The van der Waals surface area contributed by atoms with E-state index in [0.717, 1.165) is 6.07 Å². The van der Waals surface area contributed by atoms with Gasteiger partial charge in [-0.3, -0.25) is 4.79 Å². The molecular formula is C20H18FNO3. The van der Waals surface area contributed by atoms with E-state index in [1.165, 1.54) is 29.0 Å². The molecule has 1 heterocycles. The van der Waals surface area contributed by atoms with Crippen LogP contribution in [0.4, 0.5) is 4.39 Å². The monoisotopic (exact) mass is 339 g/mol. The number of carbonyl (C=O) groups excluding carboxylic acids is 1. The number of aromatic nitrogens is 1. The molecule has 0 aliphatic rings. The van der Waals surface area contributed by atoms with E-state index in [-0.39, 0.29) is 22.8 Å². The smallest absolute Gasteiger partial charge is 0.345 e. The predicted molar refractivity (Wildman–Crippen MR) is 94.4 cm³/mol. The van der Waals surface area contributed by atoms with Gasteiger partial charge in [0.25, 0.3) is 5.56 Å². The normalized spacial score (nSPS) is 11.0. The Morgan fingerprint density at radius 1 is 1.12 bits per heavy atom. The fourth-order valence-electron chi connectivity index (χ4n) is 2.73. The summed E-state index contributed by atoms with van der Waals surface area (Å²) in [6, 6.07) is 12.3. The number of hydrogen-bond donors (Lipinski definition) is 0. The Hall–Kier alpha value is -2.95. The number of esters is 1. The van der Waals surface area contributed by atoms with Crippen molar-refractivity contribution < 1.29 is 13.9 Å². The van der Waals surface area contributed by atoms with Crippen LogP contribution < -0.4 is 10.3 Å². The van der Waals surface area contributed by atoms with Gasteiger partial charge in [0.1, 0.15) is 11.6 Å². The minimum atomic E-state index is -0.626. The largest absolute Gasteiger partial charge is 0.423 e. The molecule has 0 aliphatic carbocycles. The molecule has 4 nitrogen and oxygen atoms in total. The van der Waals surface area contributed by atoms with Crippen molar-refractivity contribution in [2.24, 2.45) is 5.92 Å². The molecule has 25 heavy (non-hydrogen) atoms. The van der Waals surface area contributed by atoms with Gasteiger partial charge in [0.15, 0.2) is 0 Å². The van der Waals surface area contributed by atoms with Crippen LogP contribution in [0.3, 0.4) is 0 Å². The van der Waals surface area contributed by atoms with Crippen molar-refractivity contribution in [3.8, 4) is 5.75 Å². The summed E-state index contributed by atoms with van der Waals surface area (Å²) in [5.41, 5.74) is 0.131. The lowest BCUT2D eigenvalue weighted by Gasteiger charge is -2.13. The molecule has 0 atom stereocenters. The minimum Gasteiger partial charge on any atom is -0.423 e. The van der Waals surface area contributed by atoms with E-state index in [0.29, 0.717) is 17.3 Å². The van der Waals surface area contributed by atoms with Crippen LogP contribution in [0.15, 0.2) is 59.5 Å². The van der Waals surface area contributed by atoms with Crippen LogP contribution in [0.2, 0.25) is 0 Å². The maximum atomic E-state index is 13.3. The Morgan fingerprint density at radius 2 is 1.84 bits per heavy atom. The zero-order valence-corrected chi connectivity index (χ0v) is 14.0. The number of pyridine rings is 1. The number of carbonyl (C=O) groups is 1. The molecule has 128 valence electrons. The van der Waals surface area contributed by atoms with Crippen molar-refractivity contribution in [3.63, 3.8) is 0 Å². The Labute approximate surface area is 144 Å². The average Bonchev–Trinajstić information content (AvgIpc) is 2.57. The van der Waals surface area contributed by atoms with Crippen molar-refractivity contribution in [2.75, 3.05) is 0 Å². The molecule has 3 rings (SSSR count). The summed E-state index contributed by atoms with van der Waals surface area (Å²) >= 11 is 0. The molecule has 5 heteroatoms. The first-order valence-electron chi connectivity index (χ1n) is 8.05. The van der Waals surface area contributed by atoms with Crippen LogP contribution in [0.1, 0.15) is 24.2 Å². The van der Waals surface area contributed by atoms with E-state index in [2.05, 4.69) is 0 Å². The summed E-state index contributed by atoms with van der Waals surface area (Å²) in [5, 5.41) is 0.978. The van der Waals surface area contributed by atoms with Crippen LogP contribution in [0, 0.1) is 11.7 Å². The van der Waals surface area contributed by atoms with Gasteiger partial charge in [-0.1, -0.05) is 38.1 Å². The molecule has 1 aromatic heterocycles. The molecule has 2 aromatic carbocycles. The maximum absolute atomic E-state index is 13.3. The zero-order valence-electron chi connectivity index (χ0n) is 14.0. The second-order valence-electron chi connectivity index (χ2n) is 6.29. The van der Waals surface area contributed by atoms with Crippen molar-refractivity contribution in [3.05, 3.63) is 76.5 Å². The van der Waals surface area contributed by atoms with E-state index in [1.807, 2.05) is 13.8 Å². The van der Waals surface area contributed by atoms with Gasteiger partial charge in [0.05, 0.1) is 5.56 Å². The van der Waals surface area contributed by atoms with Gasteiger partial charge in [-0.2, -0.15) is 0 Å². The van der Waals surface area contributed by atoms with Gasteiger partial charge >= 0.3 is 5.97 Å². The zero-order chi connectivity index (χ0) is 18.0. The SMILES string of the molecule is CC(C)Cn1cc(C(=O)Oc2cccc(F)c2)c2ccccc2c1=O. The van der Waals surface area contributed by atoms with Gasteiger partial charge in [-0.25, -0.2) is 9.18 Å². The third-order valence-electron chi connectivity index (χ3n) is 3.78. The molecule has 0 spiro atoms. The lowest BCUT2D eigenvalue weighted by atomic mass is 10.1. The summed E-state index contributed by atoms with van der Waals surface area (Å²) in [4.78, 5) is 25.2. The minimum absolute atomic E-state index is 0.121. The molecule has 0 radical (unpaired) electrons. The molecule has 0 amide bonds. The third-order valence-corrected chi connectivity index (χ3v) is 3.78. The van der Waals surface area contributed by atoms with Crippen LogP contribution in [0.5, 0.6) is 5.75 Å². The molecule has 0 bridgehead atoms. The van der Waals surface area contributed by atoms with E-state index in [1.54, 1.807) is 24.3 Å². The maximum Gasteiger partial charge on any atom is 0.345 e. The lowest BCUT2D eigenvalue weighted by molar-refractivity contribution is 0.0735. The highest BCUT2D eigenvalue weighted by Crippen LogP contribution is 2.19. The molecule has 0 saturated carbocycles. The average molecular weight is 339 g/mol. The van der Waals surface area contributed by atoms with E-state index in [9.17, 15) is 14.0 Å². The van der Waals surface area contributed by atoms with Crippen molar-refractivity contribution in [1.82, 2.24) is 4.57 Å². The summed E-state index contributed by atoms with van der Waals surface area (Å²) in [6.45, 7) is 4.47. The Balaban J connectivity index is 2.09. The predicted octanol–water partition coefficient (Wildman–Crippen LogP) is 4.02. The Morgan fingerprint density at radius 3 is 2.52 bits per heavy atom.